The molecule has 3 aromatic rings. The number of rotatable bonds is 5. The fourth-order valence-electron chi connectivity index (χ4n) is 2.23. The number of nitrogens with one attached hydrogen (secondary N) is 1. The predicted molar refractivity (Wildman–Crippen MR) is 85.8 cm³/mol. The molecule has 1 aromatic heterocycles. The highest BCUT2D eigenvalue weighted by molar-refractivity contribution is 5.96. The van der Waals surface area contributed by atoms with Crippen LogP contribution >= 0.6 is 0 Å². The van der Waals surface area contributed by atoms with Crippen molar-refractivity contribution >= 4 is 5.91 Å². The van der Waals surface area contributed by atoms with Crippen molar-refractivity contribution < 1.29 is 9.53 Å². The number of nitriles is 1. The van der Waals surface area contributed by atoms with Crippen molar-refractivity contribution in [1.29, 1.82) is 5.26 Å². The number of hydrogen-bond donors (Lipinski definition) is 2. The second-order valence-corrected chi connectivity index (χ2v) is 5.01. The number of carbonyl (C=O) groups excluding carboxylic acids is 1. The zero-order chi connectivity index (χ0) is 16.9. The fourth-order valence-corrected chi connectivity index (χ4v) is 2.23. The minimum atomic E-state index is -0.654. The Morgan fingerprint density at radius 2 is 2.04 bits per heavy atom. The first kappa shape index (κ1) is 15.2. The summed E-state index contributed by atoms with van der Waals surface area (Å²) in [5.74, 6) is -0.0494. The molecule has 0 aliphatic carbocycles. The maximum Gasteiger partial charge on any atom is 0.271 e. The highest BCUT2D eigenvalue weighted by Gasteiger charge is 2.15. The third-order valence-corrected chi connectivity index (χ3v) is 3.35. The van der Waals surface area contributed by atoms with Gasteiger partial charge in [-0.15, -0.1) is 0 Å². The average Bonchev–Trinajstić information content (AvgIpc) is 3.10. The lowest BCUT2D eigenvalue weighted by Crippen LogP contribution is -2.12. The molecule has 0 fully saturated rings. The van der Waals surface area contributed by atoms with E-state index in [1.807, 2.05) is 12.1 Å². The molecule has 0 aliphatic heterocycles. The van der Waals surface area contributed by atoms with Crippen LogP contribution in [-0.4, -0.2) is 21.3 Å². The number of aromatic nitrogens is 3. The third kappa shape index (κ3) is 3.23. The SMILES string of the molecule is N#Cc1cccc(COc2cccc(-c3n[nH]nc3C(N)=O)c2)c1. The zero-order valence-electron chi connectivity index (χ0n) is 12.6. The monoisotopic (exact) mass is 319 g/mol. The normalized spacial score (nSPS) is 10.1. The van der Waals surface area contributed by atoms with Gasteiger partial charge in [-0.25, -0.2) is 0 Å². The standard InChI is InChI=1S/C17H13N5O2/c18-9-11-3-1-4-12(7-11)10-24-14-6-2-5-13(8-14)15-16(17(19)23)21-22-20-15/h1-8H,10H2,(H2,19,23)(H,20,21,22). The van der Waals surface area contributed by atoms with E-state index in [-0.39, 0.29) is 5.69 Å². The highest BCUT2D eigenvalue weighted by atomic mass is 16.5. The van der Waals surface area contributed by atoms with E-state index in [1.54, 1.807) is 36.4 Å². The van der Waals surface area contributed by atoms with Gasteiger partial charge in [0.05, 0.1) is 11.6 Å². The van der Waals surface area contributed by atoms with Crippen LogP contribution in [0.25, 0.3) is 11.3 Å². The third-order valence-electron chi connectivity index (χ3n) is 3.35. The van der Waals surface area contributed by atoms with E-state index < -0.39 is 5.91 Å². The second kappa shape index (κ2) is 6.62. The molecule has 118 valence electrons. The van der Waals surface area contributed by atoms with Crippen LogP contribution in [0.1, 0.15) is 21.6 Å². The van der Waals surface area contributed by atoms with Gasteiger partial charge in [-0.2, -0.15) is 20.7 Å². The van der Waals surface area contributed by atoms with Crippen molar-refractivity contribution in [3.63, 3.8) is 0 Å². The number of nitrogens with zero attached hydrogens (tertiary/aromatic N) is 3. The van der Waals surface area contributed by atoms with Gasteiger partial charge in [0, 0.05) is 5.56 Å². The van der Waals surface area contributed by atoms with E-state index in [0.717, 1.165) is 5.56 Å². The molecule has 24 heavy (non-hydrogen) atoms. The molecule has 0 unspecified atom stereocenters. The Balaban J connectivity index is 1.79. The molecule has 1 amide bonds. The molecular weight excluding hydrogens is 306 g/mol. The van der Waals surface area contributed by atoms with Crippen LogP contribution in [0.15, 0.2) is 48.5 Å². The van der Waals surface area contributed by atoms with Crippen molar-refractivity contribution in [2.45, 2.75) is 6.61 Å². The van der Waals surface area contributed by atoms with E-state index in [4.69, 9.17) is 15.7 Å². The van der Waals surface area contributed by atoms with Crippen molar-refractivity contribution in [3.05, 3.63) is 65.4 Å². The molecule has 0 saturated carbocycles. The highest BCUT2D eigenvalue weighted by Crippen LogP contribution is 2.24. The summed E-state index contributed by atoms with van der Waals surface area (Å²) in [6.45, 7) is 0.320. The topological polar surface area (TPSA) is 118 Å². The molecule has 0 saturated heterocycles. The first-order chi connectivity index (χ1) is 11.7. The van der Waals surface area contributed by atoms with Crippen molar-refractivity contribution in [3.8, 4) is 23.1 Å². The number of primary amides is 1. The lowest BCUT2D eigenvalue weighted by atomic mass is 10.1. The number of ether oxygens (including phenoxy) is 1. The fraction of sp³-hybridized carbons (Fsp3) is 0.0588. The largest absolute Gasteiger partial charge is 0.489 e. The van der Waals surface area contributed by atoms with Gasteiger partial charge in [0.15, 0.2) is 5.69 Å². The molecule has 7 heteroatoms. The van der Waals surface area contributed by atoms with Crippen LogP contribution < -0.4 is 10.5 Å². The summed E-state index contributed by atoms with van der Waals surface area (Å²) in [6, 6.07) is 16.4. The van der Waals surface area contributed by atoms with Crippen LogP contribution in [0.3, 0.4) is 0 Å². The van der Waals surface area contributed by atoms with Gasteiger partial charge in [-0.1, -0.05) is 24.3 Å². The number of carbonyl (C=O) groups is 1. The van der Waals surface area contributed by atoms with Crippen LogP contribution in [0.2, 0.25) is 0 Å². The van der Waals surface area contributed by atoms with E-state index >= 15 is 0 Å². The van der Waals surface area contributed by atoms with Crippen LogP contribution in [0.4, 0.5) is 0 Å². The Kier molecular flexibility index (Phi) is 4.21. The summed E-state index contributed by atoms with van der Waals surface area (Å²) >= 11 is 0. The zero-order valence-corrected chi connectivity index (χ0v) is 12.6. The average molecular weight is 319 g/mol. The van der Waals surface area contributed by atoms with Gasteiger partial charge in [0.1, 0.15) is 18.1 Å². The maximum absolute atomic E-state index is 11.4. The second-order valence-electron chi connectivity index (χ2n) is 5.01. The van der Waals surface area contributed by atoms with E-state index in [9.17, 15) is 4.79 Å². The van der Waals surface area contributed by atoms with Gasteiger partial charge in [-0.3, -0.25) is 4.79 Å². The first-order valence-electron chi connectivity index (χ1n) is 7.10. The van der Waals surface area contributed by atoms with Crippen molar-refractivity contribution in [2.75, 3.05) is 0 Å². The molecule has 3 N–H and O–H groups in total. The van der Waals surface area contributed by atoms with Crippen molar-refractivity contribution in [2.24, 2.45) is 5.73 Å². The molecule has 3 rings (SSSR count). The Bertz CT molecular complexity index is 926. The lowest BCUT2D eigenvalue weighted by Gasteiger charge is -2.08. The van der Waals surface area contributed by atoms with E-state index in [1.165, 1.54) is 0 Å². The number of H-pyrrole nitrogens is 1. The Morgan fingerprint density at radius 1 is 1.21 bits per heavy atom. The molecule has 2 aromatic carbocycles. The Morgan fingerprint density at radius 3 is 2.83 bits per heavy atom. The van der Waals surface area contributed by atoms with E-state index in [2.05, 4.69) is 21.5 Å². The first-order valence-corrected chi connectivity index (χ1v) is 7.10. The molecule has 0 atom stereocenters. The summed E-state index contributed by atoms with van der Waals surface area (Å²) in [4.78, 5) is 11.4. The molecular formula is C17H13N5O2. The molecule has 1 heterocycles. The number of amides is 1. The van der Waals surface area contributed by atoms with Crippen LogP contribution in [0, 0.1) is 11.3 Å². The van der Waals surface area contributed by atoms with Crippen LogP contribution in [-0.2, 0) is 6.61 Å². The quantitative estimate of drug-likeness (QED) is 0.746. The maximum atomic E-state index is 11.4. The molecule has 0 aliphatic rings. The van der Waals surface area contributed by atoms with Gasteiger partial charge >= 0.3 is 0 Å². The number of nitrogens with two attached hydrogens (primary N) is 1. The van der Waals surface area contributed by atoms with E-state index in [0.29, 0.717) is 29.2 Å². The van der Waals surface area contributed by atoms with Crippen molar-refractivity contribution in [1.82, 2.24) is 15.4 Å². The molecule has 0 radical (unpaired) electrons. The summed E-state index contributed by atoms with van der Waals surface area (Å²) in [5.41, 5.74) is 7.87. The smallest absolute Gasteiger partial charge is 0.271 e. The summed E-state index contributed by atoms with van der Waals surface area (Å²) in [7, 11) is 0. The van der Waals surface area contributed by atoms with Gasteiger partial charge < -0.3 is 10.5 Å². The summed E-state index contributed by atoms with van der Waals surface area (Å²) < 4.78 is 5.75. The number of benzene rings is 2. The molecule has 0 bridgehead atoms. The molecule has 7 nitrogen and oxygen atoms in total. The Hall–Kier alpha value is -3.66. The van der Waals surface area contributed by atoms with Gasteiger partial charge in [0.2, 0.25) is 0 Å². The lowest BCUT2D eigenvalue weighted by molar-refractivity contribution is 0.0996. The van der Waals surface area contributed by atoms with Crippen LogP contribution in [0.5, 0.6) is 5.75 Å². The Labute approximate surface area is 137 Å². The summed E-state index contributed by atoms with van der Waals surface area (Å²) in [5, 5.41) is 19.0. The van der Waals surface area contributed by atoms with Gasteiger partial charge in [-0.05, 0) is 29.8 Å². The minimum absolute atomic E-state index is 0.0777. The van der Waals surface area contributed by atoms with Gasteiger partial charge in [0.25, 0.3) is 5.91 Å². The minimum Gasteiger partial charge on any atom is -0.489 e. The molecule has 0 spiro atoms. The summed E-state index contributed by atoms with van der Waals surface area (Å²) in [6.07, 6.45) is 0. The number of aromatic amines is 1. The number of hydrogen-bond acceptors (Lipinski definition) is 5. The predicted octanol–water partition coefficient (Wildman–Crippen LogP) is 2.02.